The number of benzene rings is 1. The summed E-state index contributed by atoms with van der Waals surface area (Å²) in [5.74, 6) is 1.00. The van der Waals surface area contributed by atoms with Gasteiger partial charge in [-0.1, -0.05) is 30.4 Å². The van der Waals surface area contributed by atoms with Crippen molar-refractivity contribution in [2.45, 2.75) is 63.4 Å². The molecule has 0 amide bonds. The van der Waals surface area contributed by atoms with E-state index in [1.165, 1.54) is 11.6 Å². The highest BCUT2D eigenvalue weighted by molar-refractivity contribution is 5.72. The predicted molar refractivity (Wildman–Crippen MR) is 112 cm³/mol. The molecule has 0 bridgehead atoms. The van der Waals surface area contributed by atoms with Gasteiger partial charge >= 0.3 is 5.97 Å². The molecule has 0 unspecified atom stereocenters. The topological polar surface area (TPSA) is 73.9 Å². The summed E-state index contributed by atoms with van der Waals surface area (Å²) in [6, 6.07) is 12.0. The van der Waals surface area contributed by atoms with Gasteiger partial charge in [0.05, 0.1) is 23.6 Å². The molecule has 0 aliphatic heterocycles. The quantitative estimate of drug-likeness (QED) is 0.375. The van der Waals surface area contributed by atoms with Crippen molar-refractivity contribution in [2.24, 2.45) is 11.8 Å². The van der Waals surface area contributed by atoms with E-state index in [4.69, 9.17) is 15.3 Å². The van der Waals surface area contributed by atoms with E-state index < -0.39 is 0 Å². The van der Waals surface area contributed by atoms with Crippen LogP contribution in [-0.2, 0) is 9.53 Å². The molecule has 4 heteroatoms. The molecule has 0 spiro atoms. The van der Waals surface area contributed by atoms with Crippen LogP contribution in [-0.4, -0.2) is 12.1 Å². The first-order chi connectivity index (χ1) is 14.2. The summed E-state index contributed by atoms with van der Waals surface area (Å²) in [5.41, 5.74) is 1.98. The summed E-state index contributed by atoms with van der Waals surface area (Å²) in [4.78, 5) is 12.6. The standard InChI is InChI=1S/C25H28N2O2/c26-17-3-1-2-4-19-5-11-23(12-6-19)25(28)29-24-15-13-22(14-16-24)21-9-7-20(18-27)8-10-21/h1-4,7-10,19,22-24H,5-6,11-16H2/t19-,22-,23-,24-. The maximum absolute atomic E-state index is 12.6. The van der Waals surface area contributed by atoms with Crippen LogP contribution < -0.4 is 0 Å². The van der Waals surface area contributed by atoms with Gasteiger partial charge in [0.15, 0.2) is 0 Å². The minimum Gasteiger partial charge on any atom is -0.462 e. The summed E-state index contributed by atoms with van der Waals surface area (Å²) in [6.45, 7) is 0. The largest absolute Gasteiger partial charge is 0.462 e. The minimum absolute atomic E-state index is 0.0152. The zero-order valence-electron chi connectivity index (χ0n) is 16.8. The van der Waals surface area contributed by atoms with Gasteiger partial charge in [0.2, 0.25) is 0 Å². The third-order valence-electron chi connectivity index (χ3n) is 6.24. The molecular weight excluding hydrogens is 360 g/mol. The summed E-state index contributed by atoms with van der Waals surface area (Å²) >= 11 is 0. The highest BCUT2D eigenvalue weighted by Gasteiger charge is 2.30. The van der Waals surface area contributed by atoms with Gasteiger partial charge in [0, 0.05) is 6.08 Å². The Hall–Kier alpha value is -2.85. The van der Waals surface area contributed by atoms with E-state index >= 15 is 0 Å². The molecule has 29 heavy (non-hydrogen) atoms. The number of hydrogen-bond donors (Lipinski definition) is 0. The maximum Gasteiger partial charge on any atom is 0.309 e. The highest BCUT2D eigenvalue weighted by Crippen LogP contribution is 2.36. The normalized spacial score (nSPS) is 27.4. The van der Waals surface area contributed by atoms with Gasteiger partial charge in [0.1, 0.15) is 6.10 Å². The average Bonchev–Trinajstić information content (AvgIpc) is 2.78. The lowest BCUT2D eigenvalue weighted by molar-refractivity contribution is -0.157. The lowest BCUT2D eigenvalue weighted by Gasteiger charge is -2.31. The second-order valence-electron chi connectivity index (χ2n) is 8.13. The molecule has 4 nitrogen and oxygen atoms in total. The van der Waals surface area contributed by atoms with E-state index in [-0.39, 0.29) is 18.0 Å². The second-order valence-corrected chi connectivity index (χ2v) is 8.13. The first-order valence-electron chi connectivity index (χ1n) is 10.6. The first kappa shape index (κ1) is 20.9. The fourth-order valence-electron chi connectivity index (χ4n) is 4.47. The zero-order valence-corrected chi connectivity index (χ0v) is 16.8. The molecule has 2 aliphatic carbocycles. The van der Waals surface area contributed by atoms with Crippen molar-refractivity contribution in [3.05, 3.63) is 59.7 Å². The van der Waals surface area contributed by atoms with Crippen LogP contribution in [0.1, 0.15) is 68.4 Å². The Morgan fingerprint density at radius 2 is 1.62 bits per heavy atom. The molecule has 1 aromatic rings. The number of nitrogens with zero attached hydrogens (tertiary/aromatic N) is 2. The monoisotopic (exact) mass is 388 g/mol. The van der Waals surface area contributed by atoms with Crippen LogP contribution in [0.3, 0.4) is 0 Å². The lowest BCUT2D eigenvalue weighted by Crippen LogP contribution is -2.29. The second kappa shape index (κ2) is 10.6. The van der Waals surface area contributed by atoms with E-state index in [1.807, 2.05) is 24.3 Å². The van der Waals surface area contributed by atoms with Gasteiger partial charge in [-0.2, -0.15) is 10.5 Å². The van der Waals surface area contributed by atoms with Gasteiger partial charge in [-0.25, -0.2) is 0 Å². The molecule has 2 saturated carbocycles. The molecule has 0 atom stereocenters. The van der Waals surface area contributed by atoms with Crippen molar-refractivity contribution >= 4 is 5.97 Å². The number of carbonyl (C=O) groups excluding carboxylic acids is 1. The summed E-state index contributed by atoms with van der Waals surface area (Å²) in [5, 5.41) is 17.4. The minimum atomic E-state index is -0.0152. The molecule has 0 heterocycles. The number of esters is 1. The van der Waals surface area contributed by atoms with Crippen molar-refractivity contribution in [3.8, 4) is 12.1 Å². The fraction of sp³-hybridized carbons (Fsp3) is 0.480. The number of rotatable bonds is 5. The van der Waals surface area contributed by atoms with Gasteiger partial charge in [-0.3, -0.25) is 4.79 Å². The number of carbonyl (C=O) groups is 1. The summed E-state index contributed by atoms with van der Waals surface area (Å²) < 4.78 is 5.85. The Morgan fingerprint density at radius 1 is 0.931 bits per heavy atom. The Morgan fingerprint density at radius 3 is 2.24 bits per heavy atom. The molecular formula is C25H28N2O2. The van der Waals surface area contributed by atoms with Gasteiger partial charge < -0.3 is 4.74 Å². The van der Waals surface area contributed by atoms with Gasteiger partial charge in [-0.05, 0) is 80.9 Å². The number of allylic oxidation sites excluding steroid dienone is 4. The number of hydrogen-bond acceptors (Lipinski definition) is 4. The molecule has 150 valence electrons. The highest BCUT2D eigenvalue weighted by atomic mass is 16.5. The van der Waals surface area contributed by atoms with Crippen LogP contribution in [0.2, 0.25) is 0 Å². The molecule has 0 aromatic heterocycles. The third kappa shape index (κ3) is 6.06. The number of nitriles is 2. The predicted octanol–water partition coefficient (Wildman–Crippen LogP) is 5.57. The maximum atomic E-state index is 12.6. The van der Waals surface area contributed by atoms with Crippen LogP contribution in [0.15, 0.2) is 48.6 Å². The molecule has 2 fully saturated rings. The Balaban J connectivity index is 1.40. The Labute approximate surface area is 173 Å². The fourth-order valence-corrected chi connectivity index (χ4v) is 4.47. The SMILES string of the molecule is N#CC=CC=C[C@H]1CC[C@H](C(=O)O[C@H]2CC[C@H](c3ccc(C#N)cc3)CC2)CC1. The van der Waals surface area contributed by atoms with Crippen molar-refractivity contribution in [1.29, 1.82) is 10.5 Å². The van der Waals surface area contributed by atoms with Crippen LogP contribution in [0.5, 0.6) is 0 Å². The molecule has 0 radical (unpaired) electrons. The average molecular weight is 389 g/mol. The van der Waals surface area contributed by atoms with E-state index in [2.05, 4.69) is 24.3 Å². The van der Waals surface area contributed by atoms with Crippen molar-refractivity contribution in [1.82, 2.24) is 0 Å². The van der Waals surface area contributed by atoms with Crippen molar-refractivity contribution < 1.29 is 9.53 Å². The molecule has 0 saturated heterocycles. The summed E-state index contributed by atoms with van der Waals surface area (Å²) in [7, 11) is 0. The molecule has 0 N–H and O–H groups in total. The molecule has 1 aromatic carbocycles. The summed E-state index contributed by atoms with van der Waals surface area (Å²) in [6.07, 6.45) is 15.0. The van der Waals surface area contributed by atoms with Gasteiger partial charge in [-0.15, -0.1) is 0 Å². The van der Waals surface area contributed by atoms with E-state index in [0.29, 0.717) is 17.4 Å². The third-order valence-corrected chi connectivity index (χ3v) is 6.24. The zero-order chi connectivity index (χ0) is 20.5. The smallest absolute Gasteiger partial charge is 0.309 e. The van der Waals surface area contributed by atoms with E-state index in [0.717, 1.165) is 51.4 Å². The van der Waals surface area contributed by atoms with E-state index in [9.17, 15) is 4.79 Å². The van der Waals surface area contributed by atoms with Crippen LogP contribution in [0.4, 0.5) is 0 Å². The van der Waals surface area contributed by atoms with Crippen LogP contribution in [0, 0.1) is 34.5 Å². The van der Waals surface area contributed by atoms with Crippen LogP contribution >= 0.6 is 0 Å². The Kier molecular flexibility index (Phi) is 7.65. The Bertz CT molecular complexity index is 810. The number of ether oxygens (including phenoxy) is 1. The lowest BCUT2D eigenvalue weighted by atomic mass is 9.81. The van der Waals surface area contributed by atoms with Gasteiger partial charge in [0.25, 0.3) is 0 Å². The first-order valence-corrected chi connectivity index (χ1v) is 10.6. The molecule has 3 rings (SSSR count). The van der Waals surface area contributed by atoms with E-state index in [1.54, 1.807) is 6.08 Å². The molecule has 2 aliphatic rings. The van der Waals surface area contributed by atoms with Crippen molar-refractivity contribution in [2.75, 3.05) is 0 Å². The van der Waals surface area contributed by atoms with Crippen LogP contribution in [0.25, 0.3) is 0 Å². The van der Waals surface area contributed by atoms with Crippen molar-refractivity contribution in [3.63, 3.8) is 0 Å².